The SMILES string of the molecule is CC(C)(O)CN1CCN(C(=O)N[C@H](CCO)C(=O)O)CC1. The van der Waals surface area contributed by atoms with E-state index in [1.807, 2.05) is 0 Å². The van der Waals surface area contributed by atoms with E-state index < -0.39 is 23.6 Å². The number of carbonyl (C=O) groups is 2. The van der Waals surface area contributed by atoms with Gasteiger partial charge in [0, 0.05) is 45.8 Å². The molecule has 1 rings (SSSR count). The van der Waals surface area contributed by atoms with Crippen molar-refractivity contribution in [2.45, 2.75) is 31.9 Å². The molecule has 0 unspecified atom stereocenters. The van der Waals surface area contributed by atoms with Crippen molar-refractivity contribution < 1.29 is 24.9 Å². The molecule has 2 amide bonds. The highest BCUT2D eigenvalue weighted by atomic mass is 16.4. The van der Waals surface area contributed by atoms with Crippen LogP contribution in [0.1, 0.15) is 20.3 Å². The minimum absolute atomic E-state index is 0.0141. The molecular weight excluding hydrogens is 278 g/mol. The van der Waals surface area contributed by atoms with Crippen molar-refractivity contribution in [2.24, 2.45) is 0 Å². The molecule has 1 heterocycles. The summed E-state index contributed by atoms with van der Waals surface area (Å²) in [6, 6.07) is -1.50. The van der Waals surface area contributed by atoms with Gasteiger partial charge in [-0.25, -0.2) is 9.59 Å². The van der Waals surface area contributed by atoms with Crippen LogP contribution in [0.25, 0.3) is 0 Å². The van der Waals surface area contributed by atoms with Crippen LogP contribution < -0.4 is 5.32 Å². The molecule has 122 valence electrons. The summed E-state index contributed by atoms with van der Waals surface area (Å²) in [5.41, 5.74) is -0.778. The molecule has 1 aliphatic rings. The summed E-state index contributed by atoms with van der Waals surface area (Å²) < 4.78 is 0. The molecule has 0 bridgehead atoms. The molecule has 0 radical (unpaired) electrons. The van der Waals surface area contributed by atoms with Crippen molar-refractivity contribution in [1.82, 2.24) is 15.1 Å². The summed E-state index contributed by atoms with van der Waals surface area (Å²) in [5, 5.41) is 29.9. The minimum atomic E-state index is -1.15. The number of urea groups is 1. The van der Waals surface area contributed by atoms with E-state index in [0.717, 1.165) is 0 Å². The molecule has 1 aliphatic heterocycles. The summed E-state index contributed by atoms with van der Waals surface area (Å²) in [4.78, 5) is 26.5. The number of carboxylic acid groups (broad SMARTS) is 1. The highest BCUT2D eigenvalue weighted by molar-refractivity contribution is 5.82. The fraction of sp³-hybridized carbons (Fsp3) is 0.846. The standard InChI is InChI=1S/C13H25N3O5/c1-13(2,21)9-15-4-6-16(7-5-15)12(20)14-10(3-8-17)11(18)19/h10,17,21H,3-9H2,1-2H3,(H,14,20)(H,18,19)/t10-/m1/s1. The lowest BCUT2D eigenvalue weighted by Crippen LogP contribution is -2.56. The van der Waals surface area contributed by atoms with Crippen molar-refractivity contribution in [2.75, 3.05) is 39.3 Å². The Morgan fingerprint density at radius 1 is 1.24 bits per heavy atom. The second kappa shape index (κ2) is 7.58. The lowest BCUT2D eigenvalue weighted by atomic mass is 10.1. The number of aliphatic carboxylic acids is 1. The first kappa shape index (κ1) is 17.7. The van der Waals surface area contributed by atoms with E-state index in [4.69, 9.17) is 10.2 Å². The van der Waals surface area contributed by atoms with E-state index in [2.05, 4.69) is 10.2 Å². The van der Waals surface area contributed by atoms with Gasteiger partial charge in [-0.15, -0.1) is 0 Å². The highest BCUT2D eigenvalue weighted by Gasteiger charge is 2.27. The third kappa shape index (κ3) is 6.28. The number of carbonyl (C=O) groups excluding carboxylic acids is 1. The van der Waals surface area contributed by atoms with Crippen LogP contribution in [0.5, 0.6) is 0 Å². The predicted molar refractivity (Wildman–Crippen MR) is 76.0 cm³/mol. The molecular formula is C13H25N3O5. The molecule has 1 saturated heterocycles. The zero-order valence-electron chi connectivity index (χ0n) is 12.6. The smallest absolute Gasteiger partial charge is 0.326 e. The number of nitrogens with zero attached hydrogens (tertiary/aromatic N) is 2. The molecule has 0 aliphatic carbocycles. The first-order valence-electron chi connectivity index (χ1n) is 7.07. The van der Waals surface area contributed by atoms with Crippen molar-refractivity contribution in [3.63, 3.8) is 0 Å². The van der Waals surface area contributed by atoms with Gasteiger partial charge in [-0.1, -0.05) is 0 Å². The maximum Gasteiger partial charge on any atom is 0.326 e. The topological polar surface area (TPSA) is 113 Å². The molecule has 1 fully saturated rings. The summed E-state index contributed by atoms with van der Waals surface area (Å²) in [6.07, 6.45) is -0.0141. The molecule has 0 spiro atoms. The van der Waals surface area contributed by atoms with Gasteiger partial charge in [0.25, 0.3) is 0 Å². The average molecular weight is 303 g/mol. The third-order valence-electron chi connectivity index (χ3n) is 3.28. The predicted octanol–water partition coefficient (Wildman–Crippen LogP) is -1.08. The molecule has 0 aromatic carbocycles. The van der Waals surface area contributed by atoms with Crippen molar-refractivity contribution >= 4 is 12.0 Å². The van der Waals surface area contributed by atoms with Crippen LogP contribution in [-0.2, 0) is 4.79 Å². The zero-order chi connectivity index (χ0) is 16.0. The van der Waals surface area contributed by atoms with Gasteiger partial charge in [0.2, 0.25) is 0 Å². The molecule has 0 aromatic rings. The first-order chi connectivity index (χ1) is 9.73. The Balaban J connectivity index is 2.42. The third-order valence-corrected chi connectivity index (χ3v) is 3.28. The Morgan fingerprint density at radius 3 is 2.24 bits per heavy atom. The summed E-state index contributed by atoms with van der Waals surface area (Å²) in [5.74, 6) is -1.15. The van der Waals surface area contributed by atoms with Crippen molar-refractivity contribution in [3.8, 4) is 0 Å². The number of nitrogens with one attached hydrogen (secondary N) is 1. The number of carboxylic acids is 1. The maximum atomic E-state index is 12.0. The number of piperazine rings is 1. The van der Waals surface area contributed by atoms with Crippen LogP contribution in [0, 0.1) is 0 Å². The fourth-order valence-corrected chi connectivity index (χ4v) is 2.28. The normalized spacial score (nSPS) is 18.4. The lowest BCUT2D eigenvalue weighted by molar-refractivity contribution is -0.139. The van der Waals surface area contributed by atoms with Crippen LogP contribution in [0.3, 0.4) is 0 Å². The summed E-state index contributed by atoms with van der Waals surface area (Å²) >= 11 is 0. The van der Waals surface area contributed by atoms with Crippen LogP contribution >= 0.6 is 0 Å². The Bertz CT molecular complexity index is 361. The number of hydrogen-bond donors (Lipinski definition) is 4. The van der Waals surface area contributed by atoms with E-state index in [0.29, 0.717) is 32.7 Å². The van der Waals surface area contributed by atoms with Crippen LogP contribution in [-0.4, -0.2) is 88.1 Å². The molecule has 8 nitrogen and oxygen atoms in total. The summed E-state index contributed by atoms with van der Waals surface area (Å²) in [6.45, 7) is 5.93. The van der Waals surface area contributed by atoms with Gasteiger partial charge >= 0.3 is 12.0 Å². The molecule has 8 heteroatoms. The van der Waals surface area contributed by atoms with Crippen LogP contribution in [0.15, 0.2) is 0 Å². The van der Waals surface area contributed by atoms with Crippen molar-refractivity contribution in [1.29, 1.82) is 0 Å². The monoisotopic (exact) mass is 303 g/mol. The van der Waals surface area contributed by atoms with E-state index in [9.17, 15) is 14.7 Å². The zero-order valence-corrected chi connectivity index (χ0v) is 12.6. The van der Waals surface area contributed by atoms with E-state index in [1.165, 1.54) is 0 Å². The number of hydrogen-bond acceptors (Lipinski definition) is 5. The number of rotatable bonds is 6. The molecule has 0 aromatic heterocycles. The minimum Gasteiger partial charge on any atom is -0.480 e. The second-order valence-corrected chi connectivity index (χ2v) is 5.93. The van der Waals surface area contributed by atoms with Crippen LogP contribution in [0.4, 0.5) is 4.79 Å². The van der Waals surface area contributed by atoms with Crippen LogP contribution in [0.2, 0.25) is 0 Å². The van der Waals surface area contributed by atoms with Gasteiger partial charge < -0.3 is 25.5 Å². The number of aliphatic hydroxyl groups is 2. The largest absolute Gasteiger partial charge is 0.480 e. The van der Waals surface area contributed by atoms with Gasteiger partial charge in [-0.3, -0.25) is 4.90 Å². The van der Waals surface area contributed by atoms with Gasteiger partial charge in [0.15, 0.2) is 0 Å². The highest BCUT2D eigenvalue weighted by Crippen LogP contribution is 2.09. The number of β-amino-alcohol motifs (C(OH)–C–C–N with tert-alkyl or cyclic N) is 1. The molecule has 4 N–H and O–H groups in total. The van der Waals surface area contributed by atoms with Gasteiger partial charge in [0.1, 0.15) is 6.04 Å². The number of aliphatic hydroxyl groups excluding tert-OH is 1. The average Bonchev–Trinajstić information content (AvgIpc) is 2.36. The Kier molecular flexibility index (Phi) is 6.38. The van der Waals surface area contributed by atoms with Gasteiger partial charge in [-0.2, -0.15) is 0 Å². The van der Waals surface area contributed by atoms with Gasteiger partial charge in [-0.05, 0) is 13.8 Å². The van der Waals surface area contributed by atoms with Gasteiger partial charge in [0.05, 0.1) is 5.60 Å². The Labute approximate surface area is 124 Å². The maximum absolute atomic E-state index is 12.0. The Hall–Kier alpha value is -1.38. The Morgan fingerprint density at radius 2 is 1.81 bits per heavy atom. The quantitative estimate of drug-likeness (QED) is 0.496. The van der Waals surface area contributed by atoms with E-state index in [1.54, 1.807) is 18.7 Å². The number of amides is 2. The van der Waals surface area contributed by atoms with E-state index in [-0.39, 0.29) is 13.0 Å². The fourth-order valence-electron chi connectivity index (χ4n) is 2.28. The van der Waals surface area contributed by atoms with E-state index >= 15 is 0 Å². The lowest BCUT2D eigenvalue weighted by Gasteiger charge is -2.37. The van der Waals surface area contributed by atoms with Crippen molar-refractivity contribution in [3.05, 3.63) is 0 Å². The molecule has 1 atom stereocenters. The summed E-state index contributed by atoms with van der Waals surface area (Å²) in [7, 11) is 0. The first-order valence-corrected chi connectivity index (χ1v) is 7.07. The molecule has 0 saturated carbocycles. The molecule has 21 heavy (non-hydrogen) atoms. The second-order valence-electron chi connectivity index (χ2n) is 5.93.